The van der Waals surface area contributed by atoms with Crippen molar-refractivity contribution in [1.82, 2.24) is 4.90 Å². The van der Waals surface area contributed by atoms with E-state index in [1.54, 1.807) is 0 Å². The van der Waals surface area contributed by atoms with Crippen molar-refractivity contribution in [3.05, 3.63) is 29.8 Å². The third kappa shape index (κ3) is 3.95. The summed E-state index contributed by atoms with van der Waals surface area (Å²) in [6.07, 6.45) is 9.25. The Hall–Kier alpha value is -1.35. The molecule has 23 heavy (non-hydrogen) atoms. The molecular formula is C20H30N2O. The first-order valence-corrected chi connectivity index (χ1v) is 9.42. The van der Waals surface area contributed by atoms with E-state index in [1.807, 2.05) is 4.90 Å². The first-order chi connectivity index (χ1) is 11.3. The summed E-state index contributed by atoms with van der Waals surface area (Å²) in [7, 11) is 0. The van der Waals surface area contributed by atoms with Gasteiger partial charge in [-0.25, -0.2) is 0 Å². The van der Waals surface area contributed by atoms with E-state index in [-0.39, 0.29) is 0 Å². The Morgan fingerprint density at radius 3 is 2.83 bits per heavy atom. The van der Waals surface area contributed by atoms with Gasteiger partial charge in [-0.05, 0) is 56.7 Å². The van der Waals surface area contributed by atoms with Gasteiger partial charge < -0.3 is 9.80 Å². The number of rotatable bonds is 6. The highest BCUT2D eigenvalue weighted by molar-refractivity contribution is 5.94. The standard InChI is InChI=1S/C20H30N2O/c1-2-8-18-10-7-14-21(18)16-13-17-9-3-4-11-19(17)22-15-6-5-12-20(22)23/h3-4,9,11,18H,2,5-8,10,12-16H2,1H3. The van der Waals surface area contributed by atoms with E-state index in [0.29, 0.717) is 12.3 Å². The molecule has 1 unspecified atom stereocenters. The molecule has 3 rings (SSSR count). The van der Waals surface area contributed by atoms with E-state index in [0.717, 1.165) is 44.1 Å². The van der Waals surface area contributed by atoms with Crippen LogP contribution in [0.15, 0.2) is 24.3 Å². The maximum atomic E-state index is 12.3. The average molecular weight is 314 g/mol. The summed E-state index contributed by atoms with van der Waals surface area (Å²) >= 11 is 0. The molecule has 2 fully saturated rings. The summed E-state index contributed by atoms with van der Waals surface area (Å²) in [5.41, 5.74) is 2.49. The van der Waals surface area contributed by atoms with Crippen molar-refractivity contribution in [2.45, 2.75) is 64.3 Å². The topological polar surface area (TPSA) is 23.6 Å². The van der Waals surface area contributed by atoms with Crippen molar-refractivity contribution < 1.29 is 4.79 Å². The monoisotopic (exact) mass is 314 g/mol. The maximum Gasteiger partial charge on any atom is 0.226 e. The smallest absolute Gasteiger partial charge is 0.226 e. The molecule has 2 saturated heterocycles. The largest absolute Gasteiger partial charge is 0.312 e. The second-order valence-electron chi connectivity index (χ2n) is 7.00. The van der Waals surface area contributed by atoms with Gasteiger partial charge in [-0.2, -0.15) is 0 Å². The number of carbonyl (C=O) groups is 1. The minimum Gasteiger partial charge on any atom is -0.312 e. The molecule has 2 heterocycles. The molecule has 0 saturated carbocycles. The molecular weight excluding hydrogens is 284 g/mol. The van der Waals surface area contributed by atoms with Crippen LogP contribution in [-0.4, -0.2) is 36.5 Å². The molecule has 0 bridgehead atoms. The van der Waals surface area contributed by atoms with Crippen molar-refractivity contribution >= 4 is 11.6 Å². The van der Waals surface area contributed by atoms with Crippen LogP contribution in [0.4, 0.5) is 5.69 Å². The Morgan fingerprint density at radius 2 is 2.00 bits per heavy atom. The highest BCUT2D eigenvalue weighted by Gasteiger charge is 2.25. The normalized spacial score (nSPS) is 22.7. The number of nitrogens with zero attached hydrogens (tertiary/aromatic N) is 2. The van der Waals surface area contributed by atoms with Crippen LogP contribution in [0.2, 0.25) is 0 Å². The van der Waals surface area contributed by atoms with E-state index in [1.165, 1.54) is 37.8 Å². The summed E-state index contributed by atoms with van der Waals surface area (Å²) in [5.74, 6) is 0.300. The van der Waals surface area contributed by atoms with E-state index in [4.69, 9.17) is 0 Å². The van der Waals surface area contributed by atoms with Gasteiger partial charge in [0.15, 0.2) is 0 Å². The van der Waals surface area contributed by atoms with Crippen LogP contribution in [-0.2, 0) is 11.2 Å². The van der Waals surface area contributed by atoms with E-state index in [2.05, 4.69) is 36.1 Å². The van der Waals surface area contributed by atoms with Crippen molar-refractivity contribution in [2.75, 3.05) is 24.5 Å². The molecule has 3 nitrogen and oxygen atoms in total. The predicted octanol–water partition coefficient (Wildman–Crippen LogP) is 4.01. The molecule has 2 aliphatic rings. The second-order valence-corrected chi connectivity index (χ2v) is 7.00. The maximum absolute atomic E-state index is 12.3. The van der Waals surface area contributed by atoms with Gasteiger partial charge in [0.05, 0.1) is 0 Å². The molecule has 0 N–H and O–H groups in total. The third-order valence-corrected chi connectivity index (χ3v) is 5.40. The van der Waals surface area contributed by atoms with Gasteiger partial charge in [-0.1, -0.05) is 31.5 Å². The summed E-state index contributed by atoms with van der Waals surface area (Å²) in [6, 6.07) is 9.30. The first-order valence-electron chi connectivity index (χ1n) is 9.42. The lowest BCUT2D eigenvalue weighted by molar-refractivity contribution is -0.119. The minimum atomic E-state index is 0.300. The number of amides is 1. The van der Waals surface area contributed by atoms with Gasteiger partial charge >= 0.3 is 0 Å². The molecule has 0 aromatic heterocycles. The Kier molecular flexibility index (Phi) is 5.71. The highest BCUT2D eigenvalue weighted by atomic mass is 16.2. The lowest BCUT2D eigenvalue weighted by atomic mass is 10.0. The minimum absolute atomic E-state index is 0.300. The molecule has 126 valence electrons. The fourth-order valence-corrected chi connectivity index (χ4v) is 4.16. The summed E-state index contributed by atoms with van der Waals surface area (Å²) < 4.78 is 0. The van der Waals surface area contributed by atoms with Crippen molar-refractivity contribution in [2.24, 2.45) is 0 Å². The zero-order chi connectivity index (χ0) is 16.1. The predicted molar refractivity (Wildman–Crippen MR) is 95.9 cm³/mol. The number of carbonyl (C=O) groups excluding carboxylic acids is 1. The van der Waals surface area contributed by atoms with E-state index in [9.17, 15) is 4.79 Å². The number of anilines is 1. The van der Waals surface area contributed by atoms with Crippen LogP contribution in [0.25, 0.3) is 0 Å². The SMILES string of the molecule is CCCC1CCCN1CCc1ccccc1N1CCCCC1=O. The summed E-state index contributed by atoms with van der Waals surface area (Å²) in [4.78, 5) is 16.9. The Labute approximate surface area is 140 Å². The van der Waals surface area contributed by atoms with Crippen LogP contribution in [0.5, 0.6) is 0 Å². The van der Waals surface area contributed by atoms with E-state index < -0.39 is 0 Å². The number of hydrogen-bond acceptors (Lipinski definition) is 2. The van der Waals surface area contributed by atoms with Crippen LogP contribution >= 0.6 is 0 Å². The van der Waals surface area contributed by atoms with Gasteiger partial charge in [0.2, 0.25) is 5.91 Å². The van der Waals surface area contributed by atoms with Crippen LogP contribution in [0.1, 0.15) is 57.4 Å². The fourth-order valence-electron chi connectivity index (χ4n) is 4.16. The number of piperidine rings is 1. The molecule has 0 spiro atoms. The van der Waals surface area contributed by atoms with E-state index >= 15 is 0 Å². The molecule has 0 radical (unpaired) electrons. The Morgan fingerprint density at radius 1 is 1.13 bits per heavy atom. The third-order valence-electron chi connectivity index (χ3n) is 5.40. The molecule has 1 amide bonds. The molecule has 1 aromatic carbocycles. The number of para-hydroxylation sites is 1. The van der Waals surface area contributed by atoms with Crippen molar-refractivity contribution in [3.63, 3.8) is 0 Å². The molecule has 1 atom stereocenters. The van der Waals surface area contributed by atoms with Crippen molar-refractivity contribution in [1.29, 1.82) is 0 Å². The molecule has 0 aliphatic carbocycles. The zero-order valence-corrected chi connectivity index (χ0v) is 14.5. The van der Waals surface area contributed by atoms with Crippen LogP contribution in [0, 0.1) is 0 Å². The van der Waals surface area contributed by atoms with Crippen LogP contribution < -0.4 is 4.90 Å². The lowest BCUT2D eigenvalue weighted by Gasteiger charge is -2.30. The van der Waals surface area contributed by atoms with Crippen LogP contribution in [0.3, 0.4) is 0 Å². The van der Waals surface area contributed by atoms with Gasteiger partial charge in [0.1, 0.15) is 0 Å². The lowest BCUT2D eigenvalue weighted by Crippen LogP contribution is -2.36. The average Bonchev–Trinajstić information content (AvgIpc) is 3.01. The number of hydrogen-bond donors (Lipinski definition) is 0. The van der Waals surface area contributed by atoms with Gasteiger partial charge in [-0.15, -0.1) is 0 Å². The highest BCUT2D eigenvalue weighted by Crippen LogP contribution is 2.27. The fraction of sp³-hybridized carbons (Fsp3) is 0.650. The molecule has 3 heteroatoms. The number of likely N-dealkylation sites (tertiary alicyclic amines) is 1. The molecule has 1 aromatic rings. The van der Waals surface area contributed by atoms with Gasteiger partial charge in [-0.3, -0.25) is 4.79 Å². The quantitative estimate of drug-likeness (QED) is 0.792. The first kappa shape index (κ1) is 16.5. The van der Waals surface area contributed by atoms with Gasteiger partial charge in [0, 0.05) is 31.2 Å². The number of benzene rings is 1. The summed E-state index contributed by atoms with van der Waals surface area (Å²) in [5, 5.41) is 0. The Bertz CT molecular complexity index is 528. The molecule has 2 aliphatic heterocycles. The zero-order valence-electron chi connectivity index (χ0n) is 14.5. The second kappa shape index (κ2) is 7.96. The Balaban J connectivity index is 1.67. The van der Waals surface area contributed by atoms with Crippen molar-refractivity contribution in [3.8, 4) is 0 Å². The summed E-state index contributed by atoms with van der Waals surface area (Å²) in [6.45, 7) is 5.55. The van der Waals surface area contributed by atoms with Gasteiger partial charge in [0.25, 0.3) is 0 Å².